The molecular weight excluding hydrogens is 502 g/mol. The number of alkyl halides is 3. The summed E-state index contributed by atoms with van der Waals surface area (Å²) in [4.78, 5) is 24.5. The fourth-order valence-electron chi connectivity index (χ4n) is 3.32. The lowest BCUT2D eigenvalue weighted by atomic mass is 10.1. The highest BCUT2D eigenvalue weighted by molar-refractivity contribution is 8.19. The van der Waals surface area contributed by atoms with Crippen LogP contribution in [0.1, 0.15) is 16.7 Å². The van der Waals surface area contributed by atoms with Gasteiger partial charge in [-0.25, -0.2) is 4.39 Å². The van der Waals surface area contributed by atoms with Gasteiger partial charge in [0.15, 0.2) is 5.17 Å². The Balaban J connectivity index is 1.66. The average molecular weight is 517 g/mol. The first-order valence-corrected chi connectivity index (χ1v) is 11.0. The van der Waals surface area contributed by atoms with E-state index in [0.717, 1.165) is 23.1 Å². The standard InChI is InChI=1S/C24H15F4N3O4S/c25-17-6-4-14(5-7-17)13-35-20-9-8-19(31(33)34)10-15(20)11-21-22(32)30(23(29)36-21)18-3-1-2-16(12-18)24(26,27)28/h1-12,29H,13H2. The highest BCUT2D eigenvalue weighted by Gasteiger charge is 2.36. The van der Waals surface area contributed by atoms with Gasteiger partial charge < -0.3 is 4.74 Å². The molecule has 0 spiro atoms. The molecule has 1 heterocycles. The van der Waals surface area contributed by atoms with Crippen molar-refractivity contribution in [3.8, 4) is 5.75 Å². The fourth-order valence-corrected chi connectivity index (χ4v) is 4.17. The molecule has 0 aromatic heterocycles. The van der Waals surface area contributed by atoms with Crippen LogP contribution in [0.4, 0.5) is 28.9 Å². The number of rotatable bonds is 6. The first-order chi connectivity index (χ1) is 17.0. The van der Waals surface area contributed by atoms with Gasteiger partial charge in [0.25, 0.3) is 11.6 Å². The van der Waals surface area contributed by atoms with E-state index in [0.29, 0.717) is 17.3 Å². The molecule has 1 N–H and O–H groups in total. The number of nitrogens with one attached hydrogen (secondary N) is 1. The number of hydrogen-bond acceptors (Lipinski definition) is 6. The summed E-state index contributed by atoms with van der Waals surface area (Å²) in [5.74, 6) is -1.01. The van der Waals surface area contributed by atoms with Gasteiger partial charge in [-0.2, -0.15) is 13.2 Å². The molecule has 36 heavy (non-hydrogen) atoms. The molecule has 1 saturated heterocycles. The van der Waals surface area contributed by atoms with Gasteiger partial charge >= 0.3 is 6.18 Å². The molecule has 4 rings (SSSR count). The molecule has 3 aromatic carbocycles. The Morgan fingerprint density at radius 1 is 1.08 bits per heavy atom. The highest BCUT2D eigenvalue weighted by atomic mass is 32.2. The van der Waals surface area contributed by atoms with Gasteiger partial charge in [-0.15, -0.1) is 0 Å². The maximum Gasteiger partial charge on any atom is 0.416 e. The molecule has 0 saturated carbocycles. The maximum atomic E-state index is 13.1. The summed E-state index contributed by atoms with van der Waals surface area (Å²) < 4.78 is 58.2. The highest BCUT2D eigenvalue weighted by Crippen LogP contribution is 2.39. The molecule has 0 radical (unpaired) electrons. The minimum absolute atomic E-state index is 0.00152. The molecular formula is C24H15F4N3O4S. The normalized spacial score (nSPS) is 15.0. The summed E-state index contributed by atoms with van der Waals surface area (Å²) >= 11 is 0.696. The molecule has 3 aromatic rings. The largest absolute Gasteiger partial charge is 0.488 e. The Labute approximate surface area is 205 Å². The Bertz CT molecular complexity index is 1390. The molecule has 1 aliphatic rings. The van der Waals surface area contributed by atoms with Gasteiger partial charge in [0, 0.05) is 17.7 Å². The first kappa shape index (κ1) is 24.9. The van der Waals surface area contributed by atoms with Crippen LogP contribution in [0.5, 0.6) is 5.75 Å². The van der Waals surface area contributed by atoms with Gasteiger partial charge in [0.2, 0.25) is 0 Å². The molecule has 184 valence electrons. The molecule has 12 heteroatoms. The number of thioether (sulfide) groups is 1. The van der Waals surface area contributed by atoms with Gasteiger partial charge in [0.05, 0.1) is 21.1 Å². The number of hydrogen-bond donors (Lipinski definition) is 1. The number of benzene rings is 3. The van der Waals surface area contributed by atoms with E-state index in [4.69, 9.17) is 10.1 Å². The lowest BCUT2D eigenvalue weighted by Gasteiger charge is -2.16. The van der Waals surface area contributed by atoms with Crippen molar-refractivity contribution in [1.82, 2.24) is 0 Å². The van der Waals surface area contributed by atoms with Crippen molar-refractivity contribution in [3.63, 3.8) is 0 Å². The van der Waals surface area contributed by atoms with Crippen LogP contribution < -0.4 is 9.64 Å². The lowest BCUT2D eigenvalue weighted by molar-refractivity contribution is -0.384. The zero-order valence-corrected chi connectivity index (χ0v) is 18.9. The minimum Gasteiger partial charge on any atom is -0.488 e. The molecule has 1 fully saturated rings. The van der Waals surface area contributed by atoms with E-state index < -0.39 is 28.4 Å². The summed E-state index contributed by atoms with van der Waals surface area (Å²) in [5.41, 5.74) is -0.616. The van der Waals surface area contributed by atoms with Crippen LogP contribution >= 0.6 is 11.8 Å². The van der Waals surface area contributed by atoms with E-state index in [1.807, 2.05) is 0 Å². The van der Waals surface area contributed by atoms with E-state index in [2.05, 4.69) is 0 Å². The first-order valence-electron chi connectivity index (χ1n) is 10.2. The zero-order valence-electron chi connectivity index (χ0n) is 18.1. The van der Waals surface area contributed by atoms with Crippen LogP contribution in [0.15, 0.2) is 71.6 Å². The van der Waals surface area contributed by atoms with Crippen molar-refractivity contribution < 1.29 is 32.0 Å². The van der Waals surface area contributed by atoms with E-state index in [9.17, 15) is 32.5 Å². The Hall–Kier alpha value is -4.19. The van der Waals surface area contributed by atoms with Crippen molar-refractivity contribution >= 4 is 40.3 Å². The third-order valence-electron chi connectivity index (χ3n) is 5.05. The van der Waals surface area contributed by atoms with Gasteiger partial charge in [-0.3, -0.25) is 25.2 Å². The molecule has 1 amide bonds. The number of non-ortho nitro benzene ring substituents is 1. The summed E-state index contributed by atoms with van der Waals surface area (Å²) in [6.07, 6.45) is -3.35. The number of carbonyl (C=O) groups is 1. The predicted molar refractivity (Wildman–Crippen MR) is 126 cm³/mol. The number of halogens is 4. The van der Waals surface area contributed by atoms with Crippen LogP contribution in [-0.2, 0) is 17.6 Å². The van der Waals surface area contributed by atoms with E-state index in [1.54, 1.807) is 0 Å². The number of anilines is 1. The number of ether oxygens (including phenoxy) is 1. The second-order valence-corrected chi connectivity index (χ2v) is 8.53. The molecule has 0 atom stereocenters. The molecule has 0 bridgehead atoms. The topological polar surface area (TPSA) is 96.5 Å². The Morgan fingerprint density at radius 3 is 2.47 bits per heavy atom. The van der Waals surface area contributed by atoms with Crippen molar-refractivity contribution in [3.05, 3.63) is 104 Å². The average Bonchev–Trinajstić information content (AvgIpc) is 3.11. The van der Waals surface area contributed by atoms with Gasteiger partial charge in [-0.05, 0) is 59.8 Å². The second-order valence-electron chi connectivity index (χ2n) is 7.50. The Kier molecular flexibility index (Phi) is 6.80. The predicted octanol–water partition coefficient (Wildman–Crippen LogP) is 6.39. The molecule has 0 aliphatic carbocycles. The van der Waals surface area contributed by atoms with Crippen molar-refractivity contribution in [1.29, 1.82) is 5.41 Å². The molecule has 0 unspecified atom stereocenters. The number of amidine groups is 1. The summed E-state index contributed by atoms with van der Waals surface area (Å²) in [7, 11) is 0. The monoisotopic (exact) mass is 517 g/mol. The van der Waals surface area contributed by atoms with Crippen molar-refractivity contribution in [2.45, 2.75) is 12.8 Å². The summed E-state index contributed by atoms with van der Waals surface area (Å²) in [6.45, 7) is 0.00152. The summed E-state index contributed by atoms with van der Waals surface area (Å²) in [5, 5.41) is 19.1. The van der Waals surface area contributed by atoms with Crippen molar-refractivity contribution in [2.75, 3.05) is 4.90 Å². The van der Waals surface area contributed by atoms with Gasteiger partial charge in [0.1, 0.15) is 18.2 Å². The molecule has 1 aliphatic heterocycles. The number of amides is 1. The number of nitro groups is 1. The SMILES string of the molecule is N=C1SC(=Cc2cc([N+](=O)[O-])ccc2OCc2ccc(F)cc2)C(=O)N1c1cccc(C(F)(F)F)c1. The van der Waals surface area contributed by atoms with Crippen molar-refractivity contribution in [2.24, 2.45) is 0 Å². The van der Waals surface area contributed by atoms with E-state index >= 15 is 0 Å². The quantitative estimate of drug-likeness (QED) is 0.177. The molecule has 7 nitrogen and oxygen atoms in total. The minimum atomic E-state index is -4.63. The third-order valence-corrected chi connectivity index (χ3v) is 5.94. The van der Waals surface area contributed by atoms with E-state index in [1.165, 1.54) is 54.6 Å². The van der Waals surface area contributed by atoms with Crippen LogP contribution in [0.2, 0.25) is 0 Å². The van der Waals surface area contributed by atoms with Crippen LogP contribution in [-0.4, -0.2) is 16.0 Å². The van der Waals surface area contributed by atoms with Crippen LogP contribution in [0, 0.1) is 21.3 Å². The second kappa shape index (κ2) is 9.82. The third kappa shape index (κ3) is 5.38. The maximum absolute atomic E-state index is 13.1. The van der Waals surface area contributed by atoms with E-state index in [-0.39, 0.29) is 39.4 Å². The van der Waals surface area contributed by atoms with Gasteiger partial charge in [-0.1, -0.05) is 18.2 Å². The van der Waals surface area contributed by atoms with Crippen LogP contribution in [0.3, 0.4) is 0 Å². The fraction of sp³-hybridized carbons (Fsp3) is 0.0833. The Morgan fingerprint density at radius 2 is 1.81 bits per heavy atom. The number of nitro benzene ring substituents is 1. The number of carbonyl (C=O) groups excluding carboxylic acids is 1. The zero-order chi connectivity index (χ0) is 26.0. The summed E-state index contributed by atoms with van der Waals surface area (Å²) in [6, 6.07) is 13.3. The smallest absolute Gasteiger partial charge is 0.416 e. The van der Waals surface area contributed by atoms with Crippen LogP contribution in [0.25, 0.3) is 6.08 Å². The number of nitrogens with zero attached hydrogens (tertiary/aromatic N) is 2. The lowest BCUT2D eigenvalue weighted by Crippen LogP contribution is -2.28.